The third kappa shape index (κ3) is 1.97. The van der Waals surface area contributed by atoms with Crippen LogP contribution < -0.4 is 5.73 Å². The summed E-state index contributed by atoms with van der Waals surface area (Å²) in [7, 11) is 1.95. The molecule has 0 aliphatic carbocycles. The summed E-state index contributed by atoms with van der Waals surface area (Å²) in [5.41, 5.74) is 9.33. The van der Waals surface area contributed by atoms with Crippen molar-refractivity contribution in [2.75, 3.05) is 0 Å². The van der Waals surface area contributed by atoms with Crippen LogP contribution in [-0.4, -0.2) is 14.5 Å². The quantitative estimate of drug-likeness (QED) is 0.788. The molecular formula is C13H13BrN4O. The second-order valence-electron chi connectivity index (χ2n) is 4.35. The van der Waals surface area contributed by atoms with Crippen LogP contribution in [0.1, 0.15) is 11.7 Å². The first kappa shape index (κ1) is 12.4. The molecule has 0 spiro atoms. The van der Waals surface area contributed by atoms with E-state index in [9.17, 15) is 0 Å². The molecule has 0 aliphatic rings. The average molecular weight is 321 g/mol. The summed E-state index contributed by atoms with van der Waals surface area (Å²) in [4.78, 5) is 8.75. The lowest BCUT2D eigenvalue weighted by Gasteiger charge is -2.05. The zero-order valence-electron chi connectivity index (χ0n) is 10.6. The minimum Gasteiger partial charge on any atom is -0.441 e. The molecule has 0 aliphatic heterocycles. The number of nitrogens with two attached hydrogens (primary N) is 1. The van der Waals surface area contributed by atoms with E-state index in [0.717, 1.165) is 32.8 Å². The molecule has 0 atom stereocenters. The zero-order chi connectivity index (χ0) is 13.6. The Morgan fingerprint density at radius 2 is 2.16 bits per heavy atom. The van der Waals surface area contributed by atoms with Gasteiger partial charge < -0.3 is 14.7 Å². The summed E-state index contributed by atoms with van der Waals surface area (Å²) in [6, 6.07) is 5.91. The first-order chi connectivity index (χ1) is 9.10. The number of oxazole rings is 1. The van der Waals surface area contributed by atoms with Gasteiger partial charge >= 0.3 is 0 Å². The number of benzene rings is 1. The normalized spacial score (nSPS) is 11.4. The molecule has 0 unspecified atom stereocenters. The lowest BCUT2D eigenvalue weighted by atomic mass is 10.1. The van der Waals surface area contributed by atoms with Crippen LogP contribution in [0.15, 0.2) is 27.2 Å². The van der Waals surface area contributed by atoms with Crippen molar-refractivity contribution in [2.45, 2.75) is 13.5 Å². The maximum absolute atomic E-state index is 5.67. The van der Waals surface area contributed by atoms with Crippen molar-refractivity contribution >= 4 is 27.0 Å². The molecular weight excluding hydrogens is 308 g/mol. The van der Waals surface area contributed by atoms with Crippen molar-refractivity contribution in [3.63, 3.8) is 0 Å². The van der Waals surface area contributed by atoms with Crippen LogP contribution in [0.4, 0.5) is 0 Å². The molecule has 0 bridgehead atoms. The van der Waals surface area contributed by atoms with Crippen LogP contribution in [0.5, 0.6) is 0 Å². The Bertz CT molecular complexity index is 759. The fraction of sp³-hybridized carbons (Fsp3) is 0.231. The summed E-state index contributed by atoms with van der Waals surface area (Å²) in [5, 5.41) is 0. The van der Waals surface area contributed by atoms with Gasteiger partial charge in [0.2, 0.25) is 0 Å². The monoisotopic (exact) mass is 320 g/mol. The molecule has 6 heteroatoms. The van der Waals surface area contributed by atoms with Crippen molar-refractivity contribution in [1.29, 1.82) is 0 Å². The molecule has 98 valence electrons. The fourth-order valence-corrected chi connectivity index (χ4v) is 2.89. The van der Waals surface area contributed by atoms with E-state index in [1.807, 2.05) is 36.7 Å². The van der Waals surface area contributed by atoms with Gasteiger partial charge in [0.05, 0.1) is 12.2 Å². The molecule has 19 heavy (non-hydrogen) atoms. The highest BCUT2D eigenvalue weighted by Gasteiger charge is 2.15. The van der Waals surface area contributed by atoms with E-state index in [-0.39, 0.29) is 0 Å². The van der Waals surface area contributed by atoms with Gasteiger partial charge in [-0.25, -0.2) is 9.97 Å². The lowest BCUT2D eigenvalue weighted by molar-refractivity contribution is 0.561. The minimum atomic E-state index is 0.403. The SMILES string of the molecule is Cc1nc2cc(-c3c(Br)nc(CN)n3C)ccc2o1. The number of hydrogen-bond donors (Lipinski definition) is 1. The Balaban J connectivity index is 2.21. The van der Waals surface area contributed by atoms with Gasteiger partial charge in [-0.1, -0.05) is 0 Å². The number of hydrogen-bond acceptors (Lipinski definition) is 4. The molecule has 3 rings (SSSR count). The van der Waals surface area contributed by atoms with Crippen LogP contribution in [0, 0.1) is 6.92 Å². The van der Waals surface area contributed by atoms with Gasteiger partial charge in [0, 0.05) is 19.5 Å². The number of aromatic nitrogens is 3. The number of fused-ring (bicyclic) bond motifs is 1. The van der Waals surface area contributed by atoms with E-state index in [4.69, 9.17) is 10.2 Å². The Kier molecular flexibility index (Phi) is 2.91. The van der Waals surface area contributed by atoms with Gasteiger partial charge in [-0.15, -0.1) is 0 Å². The molecule has 5 nitrogen and oxygen atoms in total. The molecule has 2 aromatic heterocycles. The molecule has 0 saturated carbocycles. The van der Waals surface area contributed by atoms with E-state index in [0.29, 0.717) is 12.4 Å². The number of imidazole rings is 1. The largest absolute Gasteiger partial charge is 0.441 e. The summed E-state index contributed by atoms with van der Waals surface area (Å²) >= 11 is 3.48. The van der Waals surface area contributed by atoms with Crippen molar-refractivity contribution in [2.24, 2.45) is 12.8 Å². The predicted octanol–water partition coefficient (Wildman–Crippen LogP) is 2.76. The van der Waals surface area contributed by atoms with Gasteiger partial charge in [-0.2, -0.15) is 0 Å². The maximum Gasteiger partial charge on any atom is 0.192 e. The Hall–Kier alpha value is -1.66. The van der Waals surface area contributed by atoms with E-state index in [2.05, 4.69) is 25.9 Å². The van der Waals surface area contributed by atoms with Gasteiger partial charge in [0.25, 0.3) is 0 Å². The van der Waals surface area contributed by atoms with Gasteiger partial charge in [-0.3, -0.25) is 0 Å². The molecule has 1 aromatic carbocycles. The highest BCUT2D eigenvalue weighted by molar-refractivity contribution is 9.10. The third-order valence-electron chi connectivity index (χ3n) is 3.10. The van der Waals surface area contributed by atoms with E-state index in [1.165, 1.54) is 0 Å². The summed E-state index contributed by atoms with van der Waals surface area (Å²) in [6.07, 6.45) is 0. The average Bonchev–Trinajstić information content (AvgIpc) is 2.87. The van der Waals surface area contributed by atoms with Crippen molar-refractivity contribution < 1.29 is 4.42 Å². The van der Waals surface area contributed by atoms with Gasteiger partial charge in [0.15, 0.2) is 11.5 Å². The Morgan fingerprint density at radius 1 is 1.37 bits per heavy atom. The van der Waals surface area contributed by atoms with Crippen LogP contribution in [-0.2, 0) is 13.6 Å². The summed E-state index contributed by atoms with van der Waals surface area (Å²) in [6.45, 7) is 2.24. The number of aryl methyl sites for hydroxylation is 1. The highest BCUT2D eigenvalue weighted by atomic mass is 79.9. The topological polar surface area (TPSA) is 69.9 Å². The van der Waals surface area contributed by atoms with Crippen molar-refractivity contribution in [3.05, 3.63) is 34.5 Å². The summed E-state index contributed by atoms with van der Waals surface area (Å²) in [5.74, 6) is 1.50. The highest BCUT2D eigenvalue weighted by Crippen LogP contribution is 2.30. The molecule has 3 aromatic rings. The number of halogens is 1. The zero-order valence-corrected chi connectivity index (χ0v) is 12.2. The first-order valence-corrected chi connectivity index (χ1v) is 6.68. The van der Waals surface area contributed by atoms with Crippen LogP contribution >= 0.6 is 15.9 Å². The molecule has 2 heterocycles. The Labute approximate surface area is 118 Å². The molecule has 0 radical (unpaired) electrons. The summed E-state index contributed by atoms with van der Waals surface area (Å²) < 4.78 is 8.25. The second kappa shape index (κ2) is 4.47. The lowest BCUT2D eigenvalue weighted by Crippen LogP contribution is -2.05. The number of nitrogens with zero attached hydrogens (tertiary/aromatic N) is 3. The van der Waals surface area contributed by atoms with E-state index in [1.54, 1.807) is 0 Å². The standard InChI is InChI=1S/C13H13BrN4O/c1-7-16-9-5-8(3-4-10(9)19-7)12-13(14)17-11(6-15)18(12)2/h3-5H,6,15H2,1-2H3. The molecule has 0 saturated heterocycles. The van der Waals surface area contributed by atoms with E-state index >= 15 is 0 Å². The molecule has 2 N–H and O–H groups in total. The molecule has 0 amide bonds. The fourth-order valence-electron chi connectivity index (χ4n) is 2.19. The smallest absolute Gasteiger partial charge is 0.192 e. The van der Waals surface area contributed by atoms with Crippen LogP contribution in [0.2, 0.25) is 0 Å². The van der Waals surface area contributed by atoms with Crippen molar-refractivity contribution in [1.82, 2.24) is 14.5 Å². The van der Waals surface area contributed by atoms with Crippen LogP contribution in [0.25, 0.3) is 22.4 Å². The number of rotatable bonds is 2. The minimum absolute atomic E-state index is 0.403. The van der Waals surface area contributed by atoms with Gasteiger partial charge in [-0.05, 0) is 34.1 Å². The second-order valence-corrected chi connectivity index (χ2v) is 5.10. The first-order valence-electron chi connectivity index (χ1n) is 5.89. The Morgan fingerprint density at radius 3 is 2.84 bits per heavy atom. The maximum atomic E-state index is 5.67. The predicted molar refractivity (Wildman–Crippen MR) is 76.5 cm³/mol. The third-order valence-corrected chi connectivity index (χ3v) is 3.65. The molecule has 0 fully saturated rings. The van der Waals surface area contributed by atoms with Crippen molar-refractivity contribution in [3.8, 4) is 11.3 Å². The van der Waals surface area contributed by atoms with E-state index < -0.39 is 0 Å². The van der Waals surface area contributed by atoms with Gasteiger partial charge in [0.1, 0.15) is 15.9 Å². The van der Waals surface area contributed by atoms with Crippen LogP contribution in [0.3, 0.4) is 0 Å².